The zero-order valence-corrected chi connectivity index (χ0v) is 12.4. The van der Waals surface area contributed by atoms with Gasteiger partial charge in [-0.2, -0.15) is 0 Å². The molecule has 1 aliphatic carbocycles. The normalized spacial score (nSPS) is 19.4. The summed E-state index contributed by atoms with van der Waals surface area (Å²) >= 11 is 12.2. The number of aromatic nitrogens is 1. The molecular formula is C16H15Cl2NO. The Hall–Kier alpha value is -1.09. The van der Waals surface area contributed by atoms with Crippen LogP contribution < -0.4 is 0 Å². The Morgan fingerprint density at radius 2 is 2.10 bits per heavy atom. The molecule has 2 nitrogen and oxygen atoms in total. The molecule has 0 saturated carbocycles. The molecular weight excluding hydrogens is 293 g/mol. The summed E-state index contributed by atoms with van der Waals surface area (Å²) in [6.45, 7) is 0. The maximum absolute atomic E-state index is 10.7. The highest BCUT2D eigenvalue weighted by atomic mass is 35.5. The van der Waals surface area contributed by atoms with E-state index in [4.69, 9.17) is 23.2 Å². The topological polar surface area (TPSA) is 33.1 Å². The third-order valence-electron chi connectivity index (χ3n) is 3.90. The maximum atomic E-state index is 10.7. The van der Waals surface area contributed by atoms with Gasteiger partial charge in [-0.15, -0.1) is 0 Å². The van der Waals surface area contributed by atoms with E-state index in [1.807, 2.05) is 6.07 Å². The van der Waals surface area contributed by atoms with Gasteiger partial charge in [-0.05, 0) is 49.1 Å². The monoisotopic (exact) mass is 307 g/mol. The highest BCUT2D eigenvalue weighted by molar-refractivity contribution is 6.33. The lowest BCUT2D eigenvalue weighted by Crippen LogP contribution is -2.18. The highest BCUT2D eigenvalue weighted by Gasteiger charge is 2.30. The molecule has 0 aliphatic heterocycles. The lowest BCUT2D eigenvalue weighted by Gasteiger charge is -2.29. The second-order valence-electron chi connectivity index (χ2n) is 5.16. The predicted molar refractivity (Wildman–Crippen MR) is 81.3 cm³/mol. The summed E-state index contributed by atoms with van der Waals surface area (Å²) in [7, 11) is 0. The van der Waals surface area contributed by atoms with Gasteiger partial charge in [0, 0.05) is 33.4 Å². The smallest absolute Gasteiger partial charge is 0.0888 e. The molecule has 2 aromatic rings. The van der Waals surface area contributed by atoms with E-state index in [0.717, 1.165) is 25.0 Å². The standard InChI is InChI=1S/C16H15Cl2NO/c17-11-6-7-14(18)13(9-11)16(20)12-5-1-3-10-4-2-8-19-15(10)12/h2,4,6-9,12,16,20H,1,3,5H2. The molecule has 20 heavy (non-hydrogen) atoms. The first-order valence-electron chi connectivity index (χ1n) is 6.73. The van der Waals surface area contributed by atoms with Crippen molar-refractivity contribution in [3.05, 3.63) is 63.4 Å². The SMILES string of the molecule is OC(c1cc(Cl)ccc1Cl)C1CCCc2cccnc21. The molecule has 3 rings (SSSR count). The van der Waals surface area contributed by atoms with Gasteiger partial charge in [0.1, 0.15) is 0 Å². The van der Waals surface area contributed by atoms with Crippen molar-refractivity contribution in [3.8, 4) is 0 Å². The van der Waals surface area contributed by atoms with Gasteiger partial charge in [-0.1, -0.05) is 29.3 Å². The van der Waals surface area contributed by atoms with E-state index in [0.29, 0.717) is 15.6 Å². The minimum absolute atomic E-state index is 0.0177. The van der Waals surface area contributed by atoms with Gasteiger partial charge in [-0.25, -0.2) is 0 Å². The fraction of sp³-hybridized carbons (Fsp3) is 0.312. The lowest BCUT2D eigenvalue weighted by molar-refractivity contribution is 0.134. The van der Waals surface area contributed by atoms with Crippen molar-refractivity contribution in [2.45, 2.75) is 31.3 Å². The van der Waals surface area contributed by atoms with Gasteiger partial charge in [0.25, 0.3) is 0 Å². The molecule has 1 aliphatic rings. The molecule has 2 atom stereocenters. The van der Waals surface area contributed by atoms with Crippen LogP contribution in [0.15, 0.2) is 36.5 Å². The van der Waals surface area contributed by atoms with Crippen LogP contribution in [0, 0.1) is 0 Å². The Bertz CT molecular complexity index is 630. The Balaban J connectivity index is 1.99. The van der Waals surface area contributed by atoms with E-state index in [1.165, 1.54) is 5.56 Å². The predicted octanol–water partition coefficient (Wildman–Crippen LogP) is 4.54. The van der Waals surface area contributed by atoms with E-state index in [2.05, 4.69) is 11.1 Å². The van der Waals surface area contributed by atoms with Gasteiger partial charge in [0.15, 0.2) is 0 Å². The van der Waals surface area contributed by atoms with Gasteiger partial charge in [0.2, 0.25) is 0 Å². The van der Waals surface area contributed by atoms with Gasteiger partial charge in [-0.3, -0.25) is 4.98 Å². The van der Waals surface area contributed by atoms with Crippen LogP contribution in [-0.4, -0.2) is 10.1 Å². The van der Waals surface area contributed by atoms with Crippen molar-refractivity contribution in [2.75, 3.05) is 0 Å². The average molecular weight is 308 g/mol. The number of pyridine rings is 1. The molecule has 0 bridgehead atoms. The lowest BCUT2D eigenvalue weighted by atomic mass is 9.81. The molecule has 4 heteroatoms. The van der Waals surface area contributed by atoms with Gasteiger partial charge >= 0.3 is 0 Å². The summed E-state index contributed by atoms with van der Waals surface area (Å²) < 4.78 is 0. The molecule has 2 unspecified atom stereocenters. The average Bonchev–Trinajstić information content (AvgIpc) is 2.48. The number of nitrogens with zero attached hydrogens (tertiary/aromatic N) is 1. The largest absolute Gasteiger partial charge is 0.388 e. The minimum atomic E-state index is -0.671. The second kappa shape index (κ2) is 5.72. The number of hydrogen-bond donors (Lipinski definition) is 1. The second-order valence-corrected chi connectivity index (χ2v) is 6.00. The zero-order chi connectivity index (χ0) is 14.1. The first-order chi connectivity index (χ1) is 9.66. The van der Waals surface area contributed by atoms with Crippen LogP contribution in [0.1, 0.15) is 41.7 Å². The van der Waals surface area contributed by atoms with E-state index >= 15 is 0 Å². The van der Waals surface area contributed by atoms with Gasteiger partial charge < -0.3 is 5.11 Å². The Morgan fingerprint density at radius 1 is 1.25 bits per heavy atom. The third kappa shape index (κ3) is 2.56. The Kier molecular flexibility index (Phi) is 3.97. The van der Waals surface area contributed by atoms with Crippen molar-refractivity contribution in [1.29, 1.82) is 0 Å². The molecule has 104 valence electrons. The van der Waals surface area contributed by atoms with Crippen molar-refractivity contribution in [3.63, 3.8) is 0 Å². The van der Waals surface area contributed by atoms with Crippen LogP contribution in [-0.2, 0) is 6.42 Å². The van der Waals surface area contributed by atoms with Crippen LogP contribution in [0.25, 0.3) is 0 Å². The molecule has 0 spiro atoms. The minimum Gasteiger partial charge on any atom is -0.388 e. The number of aliphatic hydroxyl groups is 1. The molecule has 0 amide bonds. The van der Waals surface area contributed by atoms with E-state index in [-0.39, 0.29) is 5.92 Å². The van der Waals surface area contributed by atoms with Crippen LogP contribution in [0.2, 0.25) is 10.0 Å². The first-order valence-corrected chi connectivity index (χ1v) is 7.49. The van der Waals surface area contributed by atoms with E-state index in [1.54, 1.807) is 24.4 Å². The van der Waals surface area contributed by atoms with Crippen molar-refractivity contribution in [2.24, 2.45) is 0 Å². The summed E-state index contributed by atoms with van der Waals surface area (Å²) in [5, 5.41) is 11.8. The van der Waals surface area contributed by atoms with Crippen LogP contribution in [0.5, 0.6) is 0 Å². The summed E-state index contributed by atoms with van der Waals surface area (Å²) in [6, 6.07) is 9.23. The van der Waals surface area contributed by atoms with Crippen LogP contribution in [0.3, 0.4) is 0 Å². The highest BCUT2D eigenvalue weighted by Crippen LogP contribution is 2.41. The number of benzene rings is 1. The number of halogens is 2. The van der Waals surface area contributed by atoms with Crippen molar-refractivity contribution < 1.29 is 5.11 Å². The molecule has 1 heterocycles. The molecule has 0 fully saturated rings. The molecule has 1 aromatic carbocycles. The first kappa shape index (κ1) is 13.9. The zero-order valence-electron chi connectivity index (χ0n) is 10.9. The van der Waals surface area contributed by atoms with Crippen LogP contribution >= 0.6 is 23.2 Å². The van der Waals surface area contributed by atoms with Gasteiger partial charge in [0.05, 0.1) is 6.10 Å². The number of hydrogen-bond acceptors (Lipinski definition) is 2. The number of aryl methyl sites for hydroxylation is 1. The summed E-state index contributed by atoms with van der Waals surface area (Å²) in [5.74, 6) is -0.0177. The summed E-state index contributed by atoms with van der Waals surface area (Å²) in [5.41, 5.74) is 2.89. The van der Waals surface area contributed by atoms with E-state index in [9.17, 15) is 5.11 Å². The van der Waals surface area contributed by atoms with Crippen molar-refractivity contribution >= 4 is 23.2 Å². The quantitative estimate of drug-likeness (QED) is 0.883. The molecule has 1 N–H and O–H groups in total. The maximum Gasteiger partial charge on any atom is 0.0888 e. The van der Waals surface area contributed by atoms with Crippen LogP contribution in [0.4, 0.5) is 0 Å². The third-order valence-corrected chi connectivity index (χ3v) is 4.48. The summed E-state index contributed by atoms with van der Waals surface area (Å²) in [4.78, 5) is 4.46. The molecule has 1 aromatic heterocycles. The fourth-order valence-electron chi connectivity index (χ4n) is 2.91. The summed E-state index contributed by atoms with van der Waals surface area (Å²) in [6.07, 6.45) is 4.10. The fourth-order valence-corrected chi connectivity index (χ4v) is 3.32. The molecule has 0 radical (unpaired) electrons. The van der Waals surface area contributed by atoms with Crippen molar-refractivity contribution in [1.82, 2.24) is 4.98 Å². The Morgan fingerprint density at radius 3 is 2.95 bits per heavy atom. The molecule has 0 saturated heterocycles. The number of aliphatic hydroxyl groups excluding tert-OH is 1. The number of rotatable bonds is 2. The number of fused-ring (bicyclic) bond motifs is 1. The van der Waals surface area contributed by atoms with E-state index < -0.39 is 6.10 Å². The Labute approximate surface area is 128 Å².